The molecule has 0 saturated carbocycles. The van der Waals surface area contributed by atoms with Gasteiger partial charge in [-0.2, -0.15) is 0 Å². The summed E-state index contributed by atoms with van der Waals surface area (Å²) in [7, 11) is 0. The van der Waals surface area contributed by atoms with Crippen LogP contribution in [0.2, 0.25) is 0 Å². The number of carbonyl (C=O) groups is 2. The smallest absolute Gasteiger partial charge is 0.335 e. The molecule has 29 heavy (non-hydrogen) atoms. The van der Waals surface area contributed by atoms with Gasteiger partial charge in [0.15, 0.2) is 0 Å². The van der Waals surface area contributed by atoms with E-state index in [1.165, 1.54) is 18.2 Å². The summed E-state index contributed by atoms with van der Waals surface area (Å²) in [5.41, 5.74) is 1.70. The molecule has 0 saturated heterocycles. The molecule has 156 valence electrons. The van der Waals surface area contributed by atoms with Crippen LogP contribution in [0.5, 0.6) is 5.75 Å². The van der Waals surface area contributed by atoms with Crippen LogP contribution in [-0.2, 0) is 4.79 Å². The van der Waals surface area contributed by atoms with Crippen LogP contribution in [0.1, 0.15) is 74.4 Å². The van der Waals surface area contributed by atoms with E-state index in [0.29, 0.717) is 24.8 Å². The molecule has 5 nitrogen and oxygen atoms in total. The van der Waals surface area contributed by atoms with Crippen LogP contribution in [0.4, 0.5) is 0 Å². The van der Waals surface area contributed by atoms with Crippen LogP contribution in [0.15, 0.2) is 48.5 Å². The van der Waals surface area contributed by atoms with Gasteiger partial charge in [0, 0.05) is 30.0 Å². The van der Waals surface area contributed by atoms with Crippen molar-refractivity contribution in [3.8, 4) is 5.75 Å². The molecular formula is C24H31NO4. The quantitative estimate of drug-likeness (QED) is 0.621. The van der Waals surface area contributed by atoms with Gasteiger partial charge in [-0.1, -0.05) is 30.3 Å². The summed E-state index contributed by atoms with van der Waals surface area (Å²) in [6.07, 6.45) is 1.70. The van der Waals surface area contributed by atoms with E-state index in [1.54, 1.807) is 0 Å². The Morgan fingerprint density at radius 3 is 2.14 bits per heavy atom. The number of benzene rings is 2. The SMILES string of the molecule is CC(C)N(C(=O)CCCC(c1ccccc1)c1cc(C(=O)O)ccc1O)C(C)C. The van der Waals surface area contributed by atoms with Gasteiger partial charge in [0.1, 0.15) is 5.75 Å². The molecule has 0 spiro atoms. The van der Waals surface area contributed by atoms with Crippen molar-refractivity contribution >= 4 is 11.9 Å². The van der Waals surface area contributed by atoms with E-state index in [0.717, 1.165) is 5.56 Å². The first-order chi connectivity index (χ1) is 13.7. The Hall–Kier alpha value is -2.82. The zero-order valence-electron chi connectivity index (χ0n) is 17.6. The predicted octanol–water partition coefficient (Wildman–Crippen LogP) is 5.04. The van der Waals surface area contributed by atoms with Gasteiger partial charge in [-0.15, -0.1) is 0 Å². The van der Waals surface area contributed by atoms with Gasteiger partial charge in [-0.3, -0.25) is 4.79 Å². The van der Waals surface area contributed by atoms with Crippen LogP contribution in [0.25, 0.3) is 0 Å². The minimum absolute atomic E-state index is 0.0705. The number of carboxylic acids is 1. The van der Waals surface area contributed by atoms with Crippen LogP contribution in [0, 0.1) is 0 Å². The summed E-state index contributed by atoms with van der Waals surface area (Å²) < 4.78 is 0. The number of rotatable bonds is 9. The predicted molar refractivity (Wildman–Crippen MR) is 114 cm³/mol. The van der Waals surface area contributed by atoms with Crippen LogP contribution < -0.4 is 0 Å². The summed E-state index contributed by atoms with van der Waals surface area (Å²) in [5, 5.41) is 19.8. The van der Waals surface area contributed by atoms with Gasteiger partial charge in [0.25, 0.3) is 0 Å². The molecule has 0 aliphatic rings. The summed E-state index contributed by atoms with van der Waals surface area (Å²) in [6, 6.07) is 14.3. The van der Waals surface area contributed by atoms with Crippen molar-refractivity contribution in [3.05, 3.63) is 65.2 Å². The number of aromatic carboxylic acids is 1. The lowest BCUT2D eigenvalue weighted by atomic mass is 9.85. The number of carbonyl (C=O) groups excluding carboxylic acids is 1. The third kappa shape index (κ3) is 5.83. The lowest BCUT2D eigenvalue weighted by Crippen LogP contribution is -2.41. The van der Waals surface area contributed by atoms with E-state index < -0.39 is 5.97 Å². The van der Waals surface area contributed by atoms with Crippen molar-refractivity contribution < 1.29 is 19.8 Å². The Bertz CT molecular complexity index is 822. The van der Waals surface area contributed by atoms with E-state index in [2.05, 4.69) is 0 Å². The molecular weight excluding hydrogens is 366 g/mol. The van der Waals surface area contributed by atoms with Crippen molar-refractivity contribution in [2.45, 2.75) is 65.0 Å². The van der Waals surface area contributed by atoms with Crippen LogP contribution in [-0.4, -0.2) is 39.1 Å². The number of phenolic OH excluding ortho intramolecular Hbond substituents is 1. The van der Waals surface area contributed by atoms with Crippen molar-refractivity contribution in [2.75, 3.05) is 0 Å². The van der Waals surface area contributed by atoms with Gasteiger partial charge in [-0.05, 0) is 64.3 Å². The molecule has 2 aromatic rings. The minimum atomic E-state index is -1.03. The van der Waals surface area contributed by atoms with Crippen molar-refractivity contribution in [1.82, 2.24) is 4.90 Å². The molecule has 2 N–H and O–H groups in total. The lowest BCUT2D eigenvalue weighted by Gasteiger charge is -2.31. The molecule has 2 rings (SSSR count). The van der Waals surface area contributed by atoms with E-state index in [-0.39, 0.29) is 35.2 Å². The minimum Gasteiger partial charge on any atom is -0.508 e. The largest absolute Gasteiger partial charge is 0.508 e. The topological polar surface area (TPSA) is 77.8 Å². The maximum Gasteiger partial charge on any atom is 0.335 e. The van der Waals surface area contributed by atoms with Crippen molar-refractivity contribution in [3.63, 3.8) is 0 Å². The van der Waals surface area contributed by atoms with E-state index in [4.69, 9.17) is 0 Å². The number of hydrogen-bond acceptors (Lipinski definition) is 3. The van der Waals surface area contributed by atoms with E-state index >= 15 is 0 Å². The van der Waals surface area contributed by atoms with Gasteiger partial charge >= 0.3 is 5.97 Å². The Morgan fingerprint density at radius 1 is 0.966 bits per heavy atom. The third-order valence-corrected chi connectivity index (χ3v) is 5.14. The van der Waals surface area contributed by atoms with Gasteiger partial charge < -0.3 is 15.1 Å². The summed E-state index contributed by atoms with van der Waals surface area (Å²) in [5.74, 6) is -1.03. The second kappa shape index (κ2) is 10.1. The first-order valence-corrected chi connectivity index (χ1v) is 10.1. The number of nitrogens with zero attached hydrogens (tertiary/aromatic N) is 1. The average Bonchev–Trinajstić information content (AvgIpc) is 2.66. The van der Waals surface area contributed by atoms with Crippen molar-refractivity contribution in [2.24, 2.45) is 0 Å². The molecule has 1 unspecified atom stereocenters. The second-order valence-corrected chi connectivity index (χ2v) is 7.92. The molecule has 1 atom stereocenters. The first kappa shape index (κ1) is 22.5. The molecule has 0 fully saturated rings. The second-order valence-electron chi connectivity index (χ2n) is 7.92. The molecule has 2 aromatic carbocycles. The maximum absolute atomic E-state index is 12.7. The van der Waals surface area contributed by atoms with Gasteiger partial charge in [0.05, 0.1) is 5.56 Å². The number of aromatic hydroxyl groups is 1. The van der Waals surface area contributed by atoms with E-state index in [9.17, 15) is 19.8 Å². The molecule has 0 radical (unpaired) electrons. The monoisotopic (exact) mass is 397 g/mol. The highest BCUT2D eigenvalue weighted by Gasteiger charge is 2.22. The number of carboxylic acid groups (broad SMARTS) is 1. The molecule has 0 heterocycles. The van der Waals surface area contributed by atoms with Crippen LogP contribution >= 0.6 is 0 Å². The normalized spacial score (nSPS) is 12.2. The molecule has 5 heteroatoms. The molecule has 1 amide bonds. The van der Waals surface area contributed by atoms with Gasteiger partial charge in [0.2, 0.25) is 5.91 Å². The Balaban J connectivity index is 2.24. The highest BCUT2D eigenvalue weighted by molar-refractivity contribution is 5.88. The fraction of sp³-hybridized carbons (Fsp3) is 0.417. The third-order valence-electron chi connectivity index (χ3n) is 5.14. The summed E-state index contributed by atoms with van der Waals surface area (Å²) in [6.45, 7) is 8.06. The summed E-state index contributed by atoms with van der Waals surface area (Å²) in [4.78, 5) is 26.0. The average molecular weight is 398 g/mol. The Morgan fingerprint density at radius 2 is 1.59 bits per heavy atom. The molecule has 0 aliphatic heterocycles. The fourth-order valence-corrected chi connectivity index (χ4v) is 3.91. The summed E-state index contributed by atoms with van der Waals surface area (Å²) >= 11 is 0. The standard InChI is InChI=1S/C24H31NO4/c1-16(2)25(17(3)4)23(27)12-8-11-20(18-9-6-5-7-10-18)21-15-19(24(28)29)13-14-22(21)26/h5-7,9-10,13-17,20,26H,8,11-12H2,1-4H3,(H,28,29). The van der Waals surface area contributed by atoms with Gasteiger partial charge in [-0.25, -0.2) is 4.79 Å². The van der Waals surface area contributed by atoms with Crippen LogP contribution in [0.3, 0.4) is 0 Å². The lowest BCUT2D eigenvalue weighted by molar-refractivity contribution is -0.134. The number of hydrogen-bond donors (Lipinski definition) is 2. The molecule has 0 aromatic heterocycles. The van der Waals surface area contributed by atoms with Crippen molar-refractivity contribution in [1.29, 1.82) is 0 Å². The Kier molecular flexibility index (Phi) is 7.82. The zero-order valence-corrected chi connectivity index (χ0v) is 17.6. The fourth-order valence-electron chi connectivity index (χ4n) is 3.91. The maximum atomic E-state index is 12.7. The first-order valence-electron chi connectivity index (χ1n) is 10.1. The number of phenols is 1. The highest BCUT2D eigenvalue weighted by atomic mass is 16.4. The zero-order chi connectivity index (χ0) is 21.6. The Labute approximate surface area is 173 Å². The molecule has 0 aliphatic carbocycles. The number of amides is 1. The van der Waals surface area contributed by atoms with E-state index in [1.807, 2.05) is 62.9 Å². The highest BCUT2D eigenvalue weighted by Crippen LogP contribution is 2.36. The molecule has 0 bridgehead atoms.